The van der Waals surface area contributed by atoms with Crippen molar-refractivity contribution in [3.05, 3.63) is 24.3 Å². The molecule has 2 saturated heterocycles. The zero-order valence-corrected chi connectivity index (χ0v) is 29.2. The van der Waals surface area contributed by atoms with E-state index in [4.69, 9.17) is 18.9 Å². The molecule has 2 bridgehead atoms. The number of methoxy groups -OCH3 is 1. The van der Waals surface area contributed by atoms with Crippen LogP contribution in [-0.4, -0.2) is 93.6 Å². The van der Waals surface area contributed by atoms with Gasteiger partial charge in [0.1, 0.15) is 30.0 Å². The van der Waals surface area contributed by atoms with Crippen LogP contribution in [0, 0.1) is 45.3 Å². The van der Waals surface area contributed by atoms with E-state index in [1.807, 2.05) is 19.9 Å². The lowest BCUT2D eigenvalue weighted by Crippen LogP contribution is -2.66. The Labute approximate surface area is 275 Å². The maximum atomic E-state index is 10.8. The largest absolute Gasteiger partial charge is 0.394 e. The quantitative estimate of drug-likeness (QED) is 0.247. The van der Waals surface area contributed by atoms with Gasteiger partial charge in [0.15, 0.2) is 12.6 Å². The number of rotatable bonds is 8. The molecule has 6 rings (SSSR count). The van der Waals surface area contributed by atoms with Crippen molar-refractivity contribution in [1.82, 2.24) is 0 Å². The highest BCUT2D eigenvalue weighted by Crippen LogP contribution is 2.79. The molecule has 1 spiro atoms. The summed E-state index contributed by atoms with van der Waals surface area (Å²) in [7, 11) is 1.78. The van der Waals surface area contributed by atoms with Crippen LogP contribution in [0.2, 0.25) is 0 Å². The van der Waals surface area contributed by atoms with Gasteiger partial charge >= 0.3 is 0 Å². The summed E-state index contributed by atoms with van der Waals surface area (Å²) in [5, 5.41) is 51.5. The fourth-order valence-electron chi connectivity index (χ4n) is 11.8. The number of aliphatic hydroxyl groups excluding tert-OH is 4. The van der Waals surface area contributed by atoms with Crippen molar-refractivity contribution in [3.8, 4) is 0 Å². The second-order valence-electron chi connectivity index (χ2n) is 17.4. The van der Waals surface area contributed by atoms with Gasteiger partial charge in [0.2, 0.25) is 0 Å². The van der Waals surface area contributed by atoms with Gasteiger partial charge in [0.25, 0.3) is 0 Å². The van der Waals surface area contributed by atoms with Crippen molar-refractivity contribution in [2.75, 3.05) is 13.7 Å². The van der Waals surface area contributed by atoms with Gasteiger partial charge in [0.05, 0.1) is 18.3 Å². The SMILES string of the molecule is CO[C@@H]1O[C@@]23C=C[C@@H]4C1(CC[C@]1(C)[C@@H]([C@H](C)C/C=C/C(C)(C)O)CC[C@@]41C)[C@@H]2CC[C@H](O[C@@H]1O[C@H](CO)[C@@H](O)[C@H](O)[C@H]1O)C3(C)C. The van der Waals surface area contributed by atoms with Crippen LogP contribution in [0.5, 0.6) is 0 Å². The van der Waals surface area contributed by atoms with E-state index in [0.717, 1.165) is 38.5 Å². The first kappa shape index (κ1) is 35.0. The predicted molar refractivity (Wildman–Crippen MR) is 172 cm³/mol. The lowest BCUT2D eigenvalue weighted by atomic mass is 9.38. The molecule has 5 fully saturated rings. The Morgan fingerprint density at radius 3 is 2.35 bits per heavy atom. The molecule has 0 radical (unpaired) electrons. The van der Waals surface area contributed by atoms with Gasteiger partial charge < -0.3 is 44.5 Å². The number of ether oxygens (including phenoxy) is 4. The minimum Gasteiger partial charge on any atom is -0.394 e. The lowest BCUT2D eigenvalue weighted by Gasteiger charge is -2.65. The topological polar surface area (TPSA) is 138 Å². The Morgan fingerprint density at radius 1 is 0.978 bits per heavy atom. The zero-order chi connectivity index (χ0) is 33.7. The Bertz CT molecular complexity index is 1190. The first-order valence-corrected chi connectivity index (χ1v) is 17.7. The van der Waals surface area contributed by atoms with E-state index in [-0.39, 0.29) is 34.6 Å². The van der Waals surface area contributed by atoms with Crippen LogP contribution in [0.3, 0.4) is 0 Å². The molecule has 15 atom stereocenters. The molecular formula is C37H60O9. The first-order valence-electron chi connectivity index (χ1n) is 17.7. The second-order valence-corrected chi connectivity index (χ2v) is 17.4. The molecule has 9 heteroatoms. The van der Waals surface area contributed by atoms with E-state index in [1.165, 1.54) is 6.42 Å². The second kappa shape index (κ2) is 11.6. The van der Waals surface area contributed by atoms with Crippen LogP contribution in [0.25, 0.3) is 0 Å². The number of hydrogen-bond donors (Lipinski definition) is 5. The fraction of sp³-hybridized carbons (Fsp3) is 0.892. The molecular weight excluding hydrogens is 588 g/mol. The Kier molecular flexibility index (Phi) is 8.81. The van der Waals surface area contributed by atoms with E-state index in [2.05, 4.69) is 52.8 Å². The van der Waals surface area contributed by atoms with Gasteiger partial charge in [-0.1, -0.05) is 58.9 Å². The molecule has 4 aliphatic carbocycles. The molecule has 1 unspecified atom stereocenters. The van der Waals surface area contributed by atoms with Gasteiger partial charge in [-0.15, -0.1) is 0 Å². The first-order chi connectivity index (χ1) is 21.4. The fourth-order valence-corrected chi connectivity index (χ4v) is 11.8. The molecule has 3 saturated carbocycles. The summed E-state index contributed by atoms with van der Waals surface area (Å²) in [4.78, 5) is 0. The van der Waals surface area contributed by atoms with E-state index in [9.17, 15) is 25.5 Å². The molecule has 0 aromatic rings. The van der Waals surface area contributed by atoms with Crippen LogP contribution in [0.15, 0.2) is 24.3 Å². The van der Waals surface area contributed by atoms with Crippen LogP contribution in [0.1, 0.15) is 93.4 Å². The van der Waals surface area contributed by atoms with E-state index >= 15 is 0 Å². The number of aliphatic hydroxyl groups is 5. The highest BCUT2D eigenvalue weighted by Gasteiger charge is 2.78. The van der Waals surface area contributed by atoms with Gasteiger partial charge in [-0.05, 0) is 87.4 Å². The van der Waals surface area contributed by atoms with Crippen molar-refractivity contribution < 1.29 is 44.5 Å². The number of fused-ring (bicyclic) bond motifs is 2. The molecule has 9 nitrogen and oxygen atoms in total. The van der Waals surface area contributed by atoms with Crippen molar-refractivity contribution in [1.29, 1.82) is 0 Å². The van der Waals surface area contributed by atoms with Crippen LogP contribution in [0.4, 0.5) is 0 Å². The third-order valence-corrected chi connectivity index (χ3v) is 14.5. The van der Waals surface area contributed by atoms with Crippen molar-refractivity contribution in [2.24, 2.45) is 45.3 Å². The summed E-state index contributed by atoms with van der Waals surface area (Å²) in [5.74, 6) is 1.62. The predicted octanol–water partition coefficient (Wildman–Crippen LogP) is 4.09. The summed E-state index contributed by atoms with van der Waals surface area (Å²) in [5.41, 5.74) is -1.94. The normalized spacial score (nSPS) is 51.9. The van der Waals surface area contributed by atoms with Crippen molar-refractivity contribution in [3.63, 3.8) is 0 Å². The molecule has 0 amide bonds. The monoisotopic (exact) mass is 648 g/mol. The third-order valence-electron chi connectivity index (χ3n) is 14.5. The molecule has 0 aromatic carbocycles. The highest BCUT2D eigenvalue weighted by molar-refractivity contribution is 5.34. The van der Waals surface area contributed by atoms with Crippen molar-refractivity contribution in [2.45, 2.75) is 148 Å². The molecule has 2 aliphatic heterocycles. The zero-order valence-electron chi connectivity index (χ0n) is 29.2. The maximum absolute atomic E-state index is 10.8. The molecule has 0 aromatic heterocycles. The Balaban J connectivity index is 1.30. The number of hydrogen-bond acceptors (Lipinski definition) is 9. The summed E-state index contributed by atoms with van der Waals surface area (Å²) in [6.07, 6.45) is 8.60. The molecule has 262 valence electrons. The van der Waals surface area contributed by atoms with Gasteiger partial charge in [-0.3, -0.25) is 0 Å². The maximum Gasteiger partial charge on any atom is 0.186 e. The Morgan fingerprint density at radius 2 is 1.70 bits per heavy atom. The van der Waals surface area contributed by atoms with E-state index in [1.54, 1.807) is 7.11 Å². The van der Waals surface area contributed by atoms with Gasteiger partial charge in [-0.2, -0.15) is 0 Å². The molecule has 46 heavy (non-hydrogen) atoms. The van der Waals surface area contributed by atoms with Crippen molar-refractivity contribution >= 4 is 0 Å². The summed E-state index contributed by atoms with van der Waals surface area (Å²) in [6, 6.07) is 0. The lowest BCUT2D eigenvalue weighted by molar-refractivity contribution is -0.331. The highest BCUT2D eigenvalue weighted by atomic mass is 16.7. The van der Waals surface area contributed by atoms with Crippen LogP contribution >= 0.6 is 0 Å². The van der Waals surface area contributed by atoms with E-state index < -0.39 is 53.9 Å². The molecule has 2 heterocycles. The van der Waals surface area contributed by atoms with E-state index in [0.29, 0.717) is 17.8 Å². The minimum atomic E-state index is -1.49. The van der Waals surface area contributed by atoms with Crippen LogP contribution in [-0.2, 0) is 18.9 Å². The van der Waals surface area contributed by atoms with Crippen LogP contribution < -0.4 is 0 Å². The molecule has 6 aliphatic rings. The molecule has 5 N–H and O–H groups in total. The van der Waals surface area contributed by atoms with Gasteiger partial charge in [-0.25, -0.2) is 0 Å². The summed E-state index contributed by atoms with van der Waals surface area (Å²) < 4.78 is 25.7. The minimum absolute atomic E-state index is 0.0745. The number of allylic oxidation sites excluding steroid dienone is 2. The Hall–Kier alpha value is -0.880. The van der Waals surface area contributed by atoms with Gasteiger partial charge in [0, 0.05) is 23.9 Å². The smallest absolute Gasteiger partial charge is 0.186 e. The average molecular weight is 649 g/mol. The third kappa shape index (κ3) is 4.73. The summed E-state index contributed by atoms with van der Waals surface area (Å²) in [6.45, 7) is 14.9. The standard InChI is InChI=1S/C37H60O9/c1-21(10-9-15-32(2,3)42)22-13-16-35(7)24-14-17-37-25(36(24,31(43-8)46-37)19-18-34(22,35)6)11-12-26(33(37,4)5)45-30-29(41)28(40)27(39)23(20-38)44-30/h9,14-15,17,21-31,38-42H,10-13,16,18-20H2,1-8H3/b15-9+/t21-,22-,23-,24+,25+,26+,27-,28+,29-,30+,31-,34-,35+,36?,37+/m1/s1. The summed E-state index contributed by atoms with van der Waals surface area (Å²) >= 11 is 0. The average Bonchev–Trinajstić information content (AvgIpc) is 3.36.